The first kappa shape index (κ1) is 8.79. The van der Waals surface area contributed by atoms with Crippen molar-refractivity contribution >= 4 is 12.4 Å². The maximum atomic E-state index is 10.9. The van der Waals surface area contributed by atoms with Crippen molar-refractivity contribution in [2.75, 3.05) is 26.2 Å². The number of nitrogens with two attached hydrogens (primary N) is 1. The van der Waals surface area contributed by atoms with Crippen molar-refractivity contribution in [3.05, 3.63) is 0 Å². The number of nitrogens with zero attached hydrogens (tertiary/aromatic N) is 2. The average Bonchev–Trinajstić information content (AvgIpc) is 2.17. The molecule has 6 heteroatoms. The number of hydrazine groups is 1. The SMILES string of the molecule is NNC(=O)N1CCN(C=O)CC1. The van der Waals surface area contributed by atoms with Crippen molar-refractivity contribution in [2.24, 2.45) is 5.84 Å². The second kappa shape index (κ2) is 3.91. The minimum atomic E-state index is -0.291. The number of nitrogens with one attached hydrogen (secondary N) is 1. The Balaban J connectivity index is 2.35. The molecule has 1 aliphatic heterocycles. The molecule has 3 amide bonds. The molecule has 0 saturated carbocycles. The molecule has 0 bridgehead atoms. The van der Waals surface area contributed by atoms with Gasteiger partial charge < -0.3 is 9.80 Å². The minimum Gasteiger partial charge on any atom is -0.342 e. The monoisotopic (exact) mass is 172 g/mol. The number of piperazine rings is 1. The lowest BCUT2D eigenvalue weighted by atomic mass is 10.3. The fourth-order valence-electron chi connectivity index (χ4n) is 1.12. The van der Waals surface area contributed by atoms with E-state index in [1.165, 1.54) is 0 Å². The number of rotatable bonds is 1. The van der Waals surface area contributed by atoms with E-state index in [0.717, 1.165) is 6.41 Å². The highest BCUT2D eigenvalue weighted by atomic mass is 16.2. The molecule has 12 heavy (non-hydrogen) atoms. The van der Waals surface area contributed by atoms with Crippen LogP contribution in [0, 0.1) is 0 Å². The molecule has 0 unspecified atom stereocenters. The summed E-state index contributed by atoms with van der Waals surface area (Å²) in [6.45, 7) is 2.25. The molecule has 0 radical (unpaired) electrons. The van der Waals surface area contributed by atoms with Crippen LogP contribution in [-0.2, 0) is 4.79 Å². The Morgan fingerprint density at radius 2 is 1.92 bits per heavy atom. The first-order valence-electron chi connectivity index (χ1n) is 3.73. The summed E-state index contributed by atoms with van der Waals surface area (Å²) in [5, 5.41) is 0. The number of hydrogen-bond donors (Lipinski definition) is 2. The minimum absolute atomic E-state index is 0.291. The molecule has 1 fully saturated rings. The normalized spacial score (nSPS) is 17.4. The van der Waals surface area contributed by atoms with Crippen LogP contribution < -0.4 is 11.3 Å². The molecule has 3 N–H and O–H groups in total. The molecule has 0 aliphatic carbocycles. The van der Waals surface area contributed by atoms with E-state index in [-0.39, 0.29) is 6.03 Å². The maximum Gasteiger partial charge on any atom is 0.331 e. The van der Waals surface area contributed by atoms with Gasteiger partial charge in [0.15, 0.2) is 0 Å². The number of carbonyl (C=O) groups excluding carboxylic acids is 2. The maximum absolute atomic E-state index is 10.9. The van der Waals surface area contributed by atoms with Gasteiger partial charge >= 0.3 is 6.03 Å². The van der Waals surface area contributed by atoms with Crippen LogP contribution in [0.5, 0.6) is 0 Å². The molecular formula is C6H12N4O2. The third-order valence-electron chi connectivity index (χ3n) is 1.87. The summed E-state index contributed by atoms with van der Waals surface area (Å²) in [7, 11) is 0. The molecule has 1 heterocycles. The van der Waals surface area contributed by atoms with E-state index < -0.39 is 0 Å². The molecule has 68 valence electrons. The van der Waals surface area contributed by atoms with Gasteiger partial charge in [0.1, 0.15) is 0 Å². The quantitative estimate of drug-likeness (QED) is 0.215. The van der Waals surface area contributed by atoms with Crippen molar-refractivity contribution < 1.29 is 9.59 Å². The Bertz CT molecular complexity index is 176. The van der Waals surface area contributed by atoms with Crippen molar-refractivity contribution in [3.63, 3.8) is 0 Å². The van der Waals surface area contributed by atoms with E-state index in [0.29, 0.717) is 26.2 Å². The third kappa shape index (κ3) is 1.85. The van der Waals surface area contributed by atoms with Crippen molar-refractivity contribution in [2.45, 2.75) is 0 Å². The number of amides is 3. The Morgan fingerprint density at radius 3 is 2.33 bits per heavy atom. The third-order valence-corrected chi connectivity index (χ3v) is 1.87. The van der Waals surface area contributed by atoms with Gasteiger partial charge in [-0.3, -0.25) is 10.2 Å². The average molecular weight is 172 g/mol. The number of carbonyl (C=O) groups is 2. The Morgan fingerprint density at radius 1 is 1.33 bits per heavy atom. The van der Waals surface area contributed by atoms with Crippen LogP contribution in [0.3, 0.4) is 0 Å². The summed E-state index contributed by atoms with van der Waals surface area (Å²) >= 11 is 0. The highest BCUT2D eigenvalue weighted by Crippen LogP contribution is 1.98. The zero-order chi connectivity index (χ0) is 8.97. The summed E-state index contributed by atoms with van der Waals surface area (Å²) in [6.07, 6.45) is 0.789. The molecule has 1 rings (SSSR count). The van der Waals surface area contributed by atoms with Gasteiger partial charge in [0.05, 0.1) is 0 Å². The van der Waals surface area contributed by atoms with Crippen molar-refractivity contribution in [1.82, 2.24) is 15.2 Å². The molecule has 1 aliphatic rings. The summed E-state index contributed by atoms with van der Waals surface area (Å²) in [5.41, 5.74) is 2.05. The second-order valence-electron chi connectivity index (χ2n) is 2.58. The van der Waals surface area contributed by atoms with Gasteiger partial charge in [-0.05, 0) is 0 Å². The molecule has 0 atom stereocenters. The van der Waals surface area contributed by atoms with Crippen LogP contribution in [0.25, 0.3) is 0 Å². The highest BCUT2D eigenvalue weighted by Gasteiger charge is 2.18. The Labute approximate surface area is 70.3 Å². The standard InChI is InChI=1S/C6H12N4O2/c7-8-6(12)10-3-1-9(5-11)2-4-10/h5H,1-4,7H2,(H,8,12). The van der Waals surface area contributed by atoms with Gasteiger partial charge in [-0.1, -0.05) is 0 Å². The summed E-state index contributed by atoms with van der Waals surface area (Å²) in [6, 6.07) is -0.291. The molecule has 0 aromatic heterocycles. The fourth-order valence-corrected chi connectivity index (χ4v) is 1.12. The smallest absolute Gasteiger partial charge is 0.331 e. The van der Waals surface area contributed by atoms with Crippen LogP contribution in [-0.4, -0.2) is 48.4 Å². The second-order valence-corrected chi connectivity index (χ2v) is 2.58. The largest absolute Gasteiger partial charge is 0.342 e. The Hall–Kier alpha value is -1.30. The van der Waals surface area contributed by atoms with Crippen LogP contribution in [0.1, 0.15) is 0 Å². The van der Waals surface area contributed by atoms with Crippen molar-refractivity contribution in [1.29, 1.82) is 0 Å². The van der Waals surface area contributed by atoms with Gasteiger partial charge in [-0.15, -0.1) is 0 Å². The zero-order valence-electron chi connectivity index (χ0n) is 6.69. The summed E-state index contributed by atoms with van der Waals surface area (Å²) in [4.78, 5) is 24.4. The van der Waals surface area contributed by atoms with E-state index in [4.69, 9.17) is 5.84 Å². The highest BCUT2D eigenvalue weighted by molar-refractivity contribution is 5.73. The predicted octanol–water partition coefficient (Wildman–Crippen LogP) is -1.66. The van der Waals surface area contributed by atoms with E-state index in [1.807, 2.05) is 5.43 Å². The van der Waals surface area contributed by atoms with Crippen LogP contribution in [0.4, 0.5) is 4.79 Å². The molecule has 0 aromatic rings. The first-order valence-corrected chi connectivity index (χ1v) is 3.73. The number of hydrogen-bond acceptors (Lipinski definition) is 3. The molecule has 0 aromatic carbocycles. The number of urea groups is 1. The summed E-state index contributed by atoms with van der Waals surface area (Å²) in [5.74, 6) is 4.95. The lowest BCUT2D eigenvalue weighted by molar-refractivity contribution is -0.119. The van der Waals surface area contributed by atoms with Crippen molar-refractivity contribution in [3.8, 4) is 0 Å². The van der Waals surface area contributed by atoms with Gasteiger partial charge in [-0.25, -0.2) is 10.6 Å². The molecule has 1 saturated heterocycles. The summed E-state index contributed by atoms with van der Waals surface area (Å²) < 4.78 is 0. The van der Waals surface area contributed by atoms with Crippen LogP contribution >= 0.6 is 0 Å². The Kier molecular flexibility index (Phi) is 2.87. The molecular weight excluding hydrogens is 160 g/mol. The predicted molar refractivity (Wildman–Crippen MR) is 41.9 cm³/mol. The van der Waals surface area contributed by atoms with E-state index in [2.05, 4.69) is 0 Å². The lowest BCUT2D eigenvalue weighted by Crippen LogP contribution is -2.52. The zero-order valence-corrected chi connectivity index (χ0v) is 6.69. The first-order chi connectivity index (χ1) is 5.77. The van der Waals surface area contributed by atoms with Gasteiger partial charge in [0.2, 0.25) is 6.41 Å². The van der Waals surface area contributed by atoms with Gasteiger partial charge in [0, 0.05) is 26.2 Å². The van der Waals surface area contributed by atoms with Gasteiger partial charge in [0.25, 0.3) is 0 Å². The van der Waals surface area contributed by atoms with E-state index in [9.17, 15) is 9.59 Å². The van der Waals surface area contributed by atoms with E-state index >= 15 is 0 Å². The van der Waals surface area contributed by atoms with Crippen LogP contribution in [0.15, 0.2) is 0 Å². The molecule has 0 spiro atoms. The van der Waals surface area contributed by atoms with Crippen LogP contribution in [0.2, 0.25) is 0 Å². The van der Waals surface area contributed by atoms with E-state index in [1.54, 1.807) is 9.80 Å². The fraction of sp³-hybridized carbons (Fsp3) is 0.667. The topological polar surface area (TPSA) is 78.7 Å². The van der Waals surface area contributed by atoms with Gasteiger partial charge in [-0.2, -0.15) is 0 Å². The molecule has 6 nitrogen and oxygen atoms in total. The lowest BCUT2D eigenvalue weighted by Gasteiger charge is -2.31.